The number of carbonyl (C=O) groups excluding carboxylic acids is 1. The topological polar surface area (TPSA) is 183 Å². The zero-order valence-electron chi connectivity index (χ0n) is 21.3. The predicted molar refractivity (Wildman–Crippen MR) is 145 cm³/mol. The van der Waals surface area contributed by atoms with Crippen molar-refractivity contribution in [3.8, 4) is 0 Å². The molecule has 1 aromatic carbocycles. The van der Waals surface area contributed by atoms with E-state index < -0.39 is 15.9 Å². The van der Waals surface area contributed by atoms with Crippen molar-refractivity contribution >= 4 is 38.9 Å². The van der Waals surface area contributed by atoms with Crippen molar-refractivity contribution in [2.45, 2.75) is 74.4 Å². The van der Waals surface area contributed by atoms with E-state index in [9.17, 15) is 13.2 Å². The number of benzene rings is 1. The molecule has 2 saturated carbocycles. The number of nitrogens with zero attached hydrogens (tertiary/aromatic N) is 4. The van der Waals surface area contributed by atoms with Crippen LogP contribution in [0.2, 0.25) is 0 Å². The van der Waals surface area contributed by atoms with Crippen molar-refractivity contribution in [3.05, 3.63) is 36.2 Å². The Kier molecular flexibility index (Phi) is 7.77. The molecule has 2 aliphatic rings. The molecule has 0 spiro atoms. The summed E-state index contributed by atoms with van der Waals surface area (Å²) < 4.78 is 30.3. The first-order valence-corrected chi connectivity index (χ1v) is 14.7. The molecular weight excluding hydrogens is 506 g/mol. The number of rotatable bonds is 10. The fraction of sp³-hybridized carbons (Fsp3) is 0.520. The van der Waals surface area contributed by atoms with Crippen LogP contribution < -0.4 is 26.8 Å². The van der Waals surface area contributed by atoms with Crippen LogP contribution in [0.3, 0.4) is 0 Å². The molecule has 12 nitrogen and oxygen atoms in total. The normalized spacial score (nSPS) is 20.6. The summed E-state index contributed by atoms with van der Waals surface area (Å²) in [7, 11) is -3.94. The van der Waals surface area contributed by atoms with Gasteiger partial charge < -0.3 is 26.7 Å². The van der Waals surface area contributed by atoms with Gasteiger partial charge in [-0.15, -0.1) is 0 Å². The Morgan fingerprint density at radius 1 is 1.03 bits per heavy atom. The number of amides is 1. The minimum absolute atomic E-state index is 0.0534. The van der Waals surface area contributed by atoms with E-state index in [0.29, 0.717) is 23.3 Å². The molecule has 2 fully saturated rings. The summed E-state index contributed by atoms with van der Waals surface area (Å²) >= 11 is 0. The third kappa shape index (κ3) is 5.74. The number of hydrogen-bond donors (Lipinski definition) is 5. The minimum atomic E-state index is -3.94. The average Bonchev–Trinajstić information content (AvgIpc) is 3.58. The lowest BCUT2D eigenvalue weighted by molar-refractivity contribution is 0.0997. The molecule has 0 radical (unpaired) electrons. The predicted octanol–water partition coefficient (Wildman–Crippen LogP) is 2.11. The summed E-state index contributed by atoms with van der Waals surface area (Å²) in [6.07, 6.45) is 10.2. The molecule has 1 amide bonds. The number of sulfonamides is 1. The summed E-state index contributed by atoms with van der Waals surface area (Å²) in [6.45, 7) is 0.311. The molecule has 0 bridgehead atoms. The zero-order valence-corrected chi connectivity index (χ0v) is 22.1. The van der Waals surface area contributed by atoms with Crippen LogP contribution in [0.15, 0.2) is 35.5 Å². The van der Waals surface area contributed by atoms with Crippen molar-refractivity contribution in [2.24, 2.45) is 11.5 Å². The highest BCUT2D eigenvalue weighted by Gasteiger charge is 2.24. The summed E-state index contributed by atoms with van der Waals surface area (Å²) in [6, 6.07) is 6.72. The third-order valence-electron chi connectivity index (χ3n) is 7.40. The largest absolute Gasteiger partial charge is 0.367 e. The van der Waals surface area contributed by atoms with Crippen LogP contribution in [0.25, 0.3) is 11.2 Å². The Hall–Kier alpha value is -3.29. The molecule has 2 aliphatic carbocycles. The van der Waals surface area contributed by atoms with E-state index in [1.54, 1.807) is 12.1 Å². The van der Waals surface area contributed by atoms with E-state index >= 15 is 0 Å². The van der Waals surface area contributed by atoms with Gasteiger partial charge in [0.25, 0.3) is 0 Å². The van der Waals surface area contributed by atoms with Gasteiger partial charge in [0.2, 0.25) is 21.9 Å². The highest BCUT2D eigenvalue weighted by atomic mass is 32.2. The van der Waals surface area contributed by atoms with Gasteiger partial charge in [0.1, 0.15) is 0 Å². The van der Waals surface area contributed by atoms with E-state index in [0.717, 1.165) is 44.2 Å². The molecule has 204 valence electrons. The van der Waals surface area contributed by atoms with Crippen LogP contribution in [-0.4, -0.2) is 59.0 Å². The van der Waals surface area contributed by atoms with Crippen molar-refractivity contribution in [1.82, 2.24) is 24.2 Å². The maximum absolute atomic E-state index is 12.8. The van der Waals surface area contributed by atoms with Gasteiger partial charge in [0, 0.05) is 31.2 Å². The number of imidazole rings is 1. The van der Waals surface area contributed by atoms with Crippen molar-refractivity contribution in [1.29, 1.82) is 0 Å². The number of aromatic nitrogens is 4. The zero-order chi connectivity index (χ0) is 26.7. The van der Waals surface area contributed by atoms with Gasteiger partial charge >= 0.3 is 0 Å². The van der Waals surface area contributed by atoms with Gasteiger partial charge in [-0.1, -0.05) is 25.0 Å². The summed E-state index contributed by atoms with van der Waals surface area (Å²) in [5, 5.41) is 6.71. The second-order valence-electron chi connectivity index (χ2n) is 10.1. The highest BCUT2D eigenvalue weighted by molar-refractivity contribution is 7.89. The number of hydrogen-bond acceptors (Lipinski definition) is 9. The van der Waals surface area contributed by atoms with Gasteiger partial charge in [0.15, 0.2) is 17.0 Å². The summed E-state index contributed by atoms with van der Waals surface area (Å²) in [5.74, 6) is 0.264. The van der Waals surface area contributed by atoms with Crippen LogP contribution in [0, 0.1) is 0 Å². The van der Waals surface area contributed by atoms with E-state index in [2.05, 4.69) is 24.9 Å². The third-order valence-corrected chi connectivity index (χ3v) is 8.92. The molecule has 0 atom stereocenters. The molecule has 0 saturated heterocycles. The molecule has 13 heteroatoms. The molecule has 38 heavy (non-hydrogen) atoms. The Labute approximate surface area is 222 Å². The lowest BCUT2D eigenvalue weighted by Gasteiger charge is -2.27. The number of carbonyl (C=O) groups is 1. The fourth-order valence-electron chi connectivity index (χ4n) is 5.35. The molecule has 7 N–H and O–H groups in total. The van der Waals surface area contributed by atoms with E-state index in [1.807, 2.05) is 6.33 Å². The Morgan fingerprint density at radius 2 is 1.76 bits per heavy atom. The number of fused-ring (bicyclic) bond motifs is 1. The second-order valence-corrected chi connectivity index (χ2v) is 11.8. The maximum atomic E-state index is 12.8. The molecule has 0 unspecified atom stereocenters. The van der Waals surface area contributed by atoms with Gasteiger partial charge in [-0.2, -0.15) is 9.97 Å². The quantitative estimate of drug-likeness (QED) is 0.240. The maximum Gasteiger partial charge on any atom is 0.250 e. The average molecular weight is 542 g/mol. The van der Waals surface area contributed by atoms with E-state index in [4.69, 9.17) is 21.4 Å². The monoisotopic (exact) mass is 541 g/mol. The van der Waals surface area contributed by atoms with Gasteiger partial charge in [-0.05, 0) is 50.7 Å². The molecule has 0 aliphatic heterocycles. The molecule has 5 rings (SSSR count). The van der Waals surface area contributed by atoms with Crippen molar-refractivity contribution in [3.63, 3.8) is 0 Å². The number of primary amides is 1. The second kappa shape index (κ2) is 11.2. The number of anilines is 2. The molecular formula is C25H35N9O3S. The first-order chi connectivity index (χ1) is 18.3. The van der Waals surface area contributed by atoms with Gasteiger partial charge in [0.05, 0.1) is 16.8 Å². The van der Waals surface area contributed by atoms with Crippen LogP contribution >= 0.6 is 0 Å². The Balaban J connectivity index is 1.33. The van der Waals surface area contributed by atoms with Crippen LogP contribution in [-0.2, 0) is 10.0 Å². The van der Waals surface area contributed by atoms with E-state index in [-0.39, 0.29) is 35.6 Å². The summed E-state index contributed by atoms with van der Waals surface area (Å²) in [5.41, 5.74) is 12.8. The fourth-order valence-corrected chi connectivity index (χ4v) is 6.59. The molecule has 2 heterocycles. The number of nitrogens with one attached hydrogen (secondary N) is 3. The smallest absolute Gasteiger partial charge is 0.250 e. The lowest BCUT2D eigenvalue weighted by atomic mass is 9.92. The summed E-state index contributed by atoms with van der Waals surface area (Å²) in [4.78, 5) is 25.7. The Bertz CT molecular complexity index is 1390. The lowest BCUT2D eigenvalue weighted by Crippen LogP contribution is -2.33. The first-order valence-electron chi connectivity index (χ1n) is 13.2. The van der Waals surface area contributed by atoms with Crippen LogP contribution in [0.1, 0.15) is 67.8 Å². The standard InChI is InChI=1S/C25H35N9O3S/c26-16-9-11-17(12-10-16)31-25-32-23(21-24(33-25)34(15-29-21)18-5-1-2-6-18)28-13-14-30-38(36,37)20-8-4-3-7-19(20)22(27)35/h3-4,7-8,15-18,30H,1-2,5-6,9-14,26H2,(H2,27,35)(H2,28,31,32,33). The van der Waals surface area contributed by atoms with Gasteiger partial charge in [-0.3, -0.25) is 4.79 Å². The Morgan fingerprint density at radius 3 is 2.50 bits per heavy atom. The molecule has 2 aromatic heterocycles. The minimum Gasteiger partial charge on any atom is -0.367 e. The SMILES string of the molecule is NC(=O)c1ccccc1S(=O)(=O)NCCNc1nc(NC2CCC(N)CC2)nc2c1ncn2C1CCCC1. The van der Waals surface area contributed by atoms with E-state index in [1.165, 1.54) is 25.0 Å². The van der Waals surface area contributed by atoms with Crippen molar-refractivity contribution < 1.29 is 13.2 Å². The van der Waals surface area contributed by atoms with Crippen LogP contribution in [0.4, 0.5) is 11.8 Å². The van der Waals surface area contributed by atoms with Gasteiger partial charge in [-0.25, -0.2) is 18.1 Å². The first kappa shape index (κ1) is 26.3. The number of nitrogens with two attached hydrogens (primary N) is 2. The van der Waals surface area contributed by atoms with Crippen molar-refractivity contribution in [2.75, 3.05) is 23.7 Å². The molecule has 3 aromatic rings. The highest BCUT2D eigenvalue weighted by Crippen LogP contribution is 2.33. The van der Waals surface area contributed by atoms with Crippen LogP contribution in [0.5, 0.6) is 0 Å².